The van der Waals surface area contributed by atoms with Crippen molar-refractivity contribution in [3.8, 4) is 0 Å². The molecule has 1 saturated carbocycles. The van der Waals surface area contributed by atoms with Gasteiger partial charge in [0.15, 0.2) is 0 Å². The Hall–Kier alpha value is 0.370. The zero-order valence-corrected chi connectivity index (χ0v) is 13.5. The number of ketones is 1. The zero-order chi connectivity index (χ0) is 13.1. The predicted octanol–water partition coefficient (Wildman–Crippen LogP) is 4.40. The molecule has 104 valence electrons. The standard InChI is InChI=1S/C15H26OS2/c1-4-12-6-5-7-13(8-12)15(16)14-9-17-10(2)11(3)18-14/h10-14H,4-9H2,1-3H3. The minimum Gasteiger partial charge on any atom is -0.298 e. The minimum atomic E-state index is 0.279. The van der Waals surface area contributed by atoms with Crippen LogP contribution in [0.3, 0.4) is 0 Å². The van der Waals surface area contributed by atoms with Gasteiger partial charge < -0.3 is 0 Å². The molecule has 0 amide bonds. The maximum Gasteiger partial charge on any atom is 0.149 e. The van der Waals surface area contributed by atoms with Crippen LogP contribution in [0.15, 0.2) is 0 Å². The molecule has 5 atom stereocenters. The molecule has 0 aromatic heterocycles. The summed E-state index contributed by atoms with van der Waals surface area (Å²) in [6, 6.07) is 0. The molecule has 1 saturated heterocycles. The van der Waals surface area contributed by atoms with E-state index in [1.807, 2.05) is 23.5 Å². The summed E-state index contributed by atoms with van der Waals surface area (Å²) in [7, 11) is 0. The molecule has 0 radical (unpaired) electrons. The van der Waals surface area contributed by atoms with Gasteiger partial charge in [-0.25, -0.2) is 0 Å². The second-order valence-electron chi connectivity index (χ2n) is 5.91. The first kappa shape index (κ1) is 14.8. The van der Waals surface area contributed by atoms with E-state index in [1.54, 1.807) is 0 Å². The molecule has 0 aromatic carbocycles. The molecular weight excluding hydrogens is 260 g/mol. The maximum atomic E-state index is 12.6. The third-order valence-corrected chi connectivity index (χ3v) is 8.04. The van der Waals surface area contributed by atoms with Gasteiger partial charge in [-0.05, 0) is 18.8 Å². The number of carbonyl (C=O) groups is 1. The van der Waals surface area contributed by atoms with Gasteiger partial charge in [0.25, 0.3) is 0 Å². The van der Waals surface area contributed by atoms with Gasteiger partial charge in [0.1, 0.15) is 5.78 Å². The Morgan fingerprint density at radius 3 is 2.67 bits per heavy atom. The van der Waals surface area contributed by atoms with Crippen molar-refractivity contribution in [1.29, 1.82) is 0 Å². The highest BCUT2D eigenvalue weighted by Crippen LogP contribution is 2.40. The van der Waals surface area contributed by atoms with E-state index in [4.69, 9.17) is 0 Å². The molecule has 1 aliphatic carbocycles. The zero-order valence-electron chi connectivity index (χ0n) is 11.9. The molecule has 0 spiro atoms. The van der Waals surface area contributed by atoms with Crippen molar-refractivity contribution in [2.24, 2.45) is 11.8 Å². The molecule has 0 N–H and O–H groups in total. The van der Waals surface area contributed by atoms with E-state index in [9.17, 15) is 4.79 Å². The third kappa shape index (κ3) is 3.47. The molecule has 0 aromatic rings. The van der Waals surface area contributed by atoms with Crippen LogP contribution in [0.1, 0.15) is 52.9 Å². The second-order valence-corrected chi connectivity index (χ2v) is 8.90. The van der Waals surface area contributed by atoms with Crippen molar-refractivity contribution in [3.63, 3.8) is 0 Å². The summed E-state index contributed by atoms with van der Waals surface area (Å²) >= 11 is 3.93. The van der Waals surface area contributed by atoms with Crippen LogP contribution in [0.5, 0.6) is 0 Å². The number of rotatable bonds is 3. The molecule has 2 aliphatic rings. The van der Waals surface area contributed by atoms with Crippen LogP contribution in [0.4, 0.5) is 0 Å². The van der Waals surface area contributed by atoms with E-state index in [0.717, 1.165) is 18.1 Å². The van der Waals surface area contributed by atoms with E-state index in [1.165, 1.54) is 25.7 Å². The van der Waals surface area contributed by atoms with Crippen LogP contribution in [0.2, 0.25) is 0 Å². The summed E-state index contributed by atoms with van der Waals surface area (Å²) in [5.41, 5.74) is 0. The lowest BCUT2D eigenvalue weighted by Crippen LogP contribution is -2.36. The highest BCUT2D eigenvalue weighted by molar-refractivity contribution is 8.08. The van der Waals surface area contributed by atoms with Gasteiger partial charge in [0, 0.05) is 22.2 Å². The Morgan fingerprint density at radius 2 is 2.00 bits per heavy atom. The summed E-state index contributed by atoms with van der Waals surface area (Å²) in [5.74, 6) is 2.81. The van der Waals surface area contributed by atoms with Gasteiger partial charge in [-0.1, -0.05) is 40.0 Å². The average Bonchev–Trinajstić information content (AvgIpc) is 2.41. The largest absolute Gasteiger partial charge is 0.298 e. The van der Waals surface area contributed by atoms with Crippen LogP contribution in [0.25, 0.3) is 0 Å². The van der Waals surface area contributed by atoms with Crippen LogP contribution in [-0.4, -0.2) is 27.3 Å². The topological polar surface area (TPSA) is 17.1 Å². The van der Waals surface area contributed by atoms with Gasteiger partial charge >= 0.3 is 0 Å². The van der Waals surface area contributed by atoms with Crippen molar-refractivity contribution >= 4 is 29.3 Å². The SMILES string of the molecule is CCC1CCCC(C(=O)C2CSC(C)C(C)S2)C1. The minimum absolute atomic E-state index is 0.279. The molecule has 3 heteroatoms. The van der Waals surface area contributed by atoms with Gasteiger partial charge in [-0.3, -0.25) is 4.79 Å². The van der Waals surface area contributed by atoms with E-state index < -0.39 is 0 Å². The van der Waals surface area contributed by atoms with E-state index in [0.29, 0.717) is 22.2 Å². The van der Waals surface area contributed by atoms with Crippen LogP contribution < -0.4 is 0 Å². The van der Waals surface area contributed by atoms with Crippen molar-refractivity contribution in [2.75, 3.05) is 5.75 Å². The fourth-order valence-corrected chi connectivity index (χ4v) is 6.07. The number of carbonyl (C=O) groups excluding carboxylic acids is 1. The smallest absolute Gasteiger partial charge is 0.149 e. The number of hydrogen-bond donors (Lipinski definition) is 0. The van der Waals surface area contributed by atoms with Gasteiger partial charge in [-0.2, -0.15) is 11.8 Å². The van der Waals surface area contributed by atoms with Crippen molar-refractivity contribution < 1.29 is 4.79 Å². The predicted molar refractivity (Wildman–Crippen MR) is 83.5 cm³/mol. The highest BCUT2D eigenvalue weighted by Gasteiger charge is 2.35. The number of Topliss-reactive ketones (excluding diaryl/α,β-unsaturated/α-hetero) is 1. The molecule has 0 bridgehead atoms. The summed E-state index contributed by atoms with van der Waals surface area (Å²) in [4.78, 5) is 12.6. The molecule has 1 heterocycles. The Balaban J connectivity index is 1.90. The molecule has 18 heavy (non-hydrogen) atoms. The van der Waals surface area contributed by atoms with Gasteiger partial charge in [0.05, 0.1) is 5.25 Å². The Bertz CT molecular complexity index is 284. The molecule has 2 fully saturated rings. The lowest BCUT2D eigenvalue weighted by molar-refractivity contribution is -0.123. The van der Waals surface area contributed by atoms with Crippen LogP contribution in [0, 0.1) is 11.8 Å². The Labute approximate surface area is 120 Å². The first-order valence-electron chi connectivity index (χ1n) is 7.42. The van der Waals surface area contributed by atoms with Crippen molar-refractivity contribution in [1.82, 2.24) is 0 Å². The van der Waals surface area contributed by atoms with Gasteiger partial charge in [-0.15, -0.1) is 11.8 Å². The Kier molecular flexibility index (Phi) is 5.49. The fraction of sp³-hybridized carbons (Fsp3) is 0.933. The summed E-state index contributed by atoms with van der Waals surface area (Å²) in [6.45, 7) is 6.83. The number of hydrogen-bond acceptors (Lipinski definition) is 3. The Morgan fingerprint density at radius 1 is 1.22 bits per heavy atom. The van der Waals surface area contributed by atoms with E-state index in [-0.39, 0.29) is 5.25 Å². The second kappa shape index (κ2) is 6.69. The summed E-state index contributed by atoms with van der Waals surface area (Å²) < 4.78 is 0. The number of thioether (sulfide) groups is 2. The van der Waals surface area contributed by atoms with Crippen molar-refractivity contribution in [2.45, 2.75) is 68.6 Å². The molecule has 2 rings (SSSR count). The first-order valence-corrected chi connectivity index (χ1v) is 9.41. The molecular formula is C15H26OS2. The van der Waals surface area contributed by atoms with Gasteiger partial charge in [0.2, 0.25) is 0 Å². The maximum absolute atomic E-state index is 12.6. The molecule has 1 aliphatic heterocycles. The molecule has 5 unspecified atom stereocenters. The lowest BCUT2D eigenvalue weighted by atomic mass is 9.78. The summed E-state index contributed by atoms with van der Waals surface area (Å²) in [6.07, 6.45) is 6.19. The lowest BCUT2D eigenvalue weighted by Gasteiger charge is -2.34. The molecule has 1 nitrogen and oxygen atoms in total. The average molecular weight is 287 g/mol. The third-order valence-electron chi connectivity index (χ3n) is 4.63. The van der Waals surface area contributed by atoms with E-state index in [2.05, 4.69) is 20.8 Å². The fourth-order valence-electron chi connectivity index (χ4n) is 3.12. The first-order chi connectivity index (χ1) is 8.61. The van der Waals surface area contributed by atoms with E-state index >= 15 is 0 Å². The quantitative estimate of drug-likeness (QED) is 0.765. The monoisotopic (exact) mass is 286 g/mol. The van der Waals surface area contributed by atoms with Crippen LogP contribution >= 0.6 is 23.5 Å². The normalized spacial score (nSPS) is 41.6. The highest BCUT2D eigenvalue weighted by atomic mass is 32.2. The van der Waals surface area contributed by atoms with Crippen LogP contribution in [-0.2, 0) is 4.79 Å². The summed E-state index contributed by atoms with van der Waals surface area (Å²) in [5, 5.41) is 1.61. The van der Waals surface area contributed by atoms with Crippen molar-refractivity contribution in [3.05, 3.63) is 0 Å².